The first kappa shape index (κ1) is 52.3. The molecule has 0 aromatic heterocycles. The average Bonchev–Trinajstić information content (AvgIpc) is 3.22. The van der Waals surface area contributed by atoms with Gasteiger partial charge < -0.3 is 67.0 Å². The normalized spacial score (nSPS) is 11.9. The SMILES string of the molecule is CC(C)(C)[Si](OCCOCCOCCOCCOCCOCCOCCOCCOCCOCCOCCNC(=O)COCC(=O)O)(c1ccccc1)c1ccccc1. The van der Waals surface area contributed by atoms with Gasteiger partial charge >= 0.3 is 5.97 Å². The van der Waals surface area contributed by atoms with Crippen LogP contribution >= 0.6 is 0 Å². The van der Waals surface area contributed by atoms with Crippen molar-refractivity contribution in [3.05, 3.63) is 60.7 Å². The van der Waals surface area contributed by atoms with Crippen LogP contribution in [0.5, 0.6) is 0 Å². The summed E-state index contributed by atoms with van der Waals surface area (Å²) in [5, 5.41) is 13.5. The lowest BCUT2D eigenvalue weighted by molar-refractivity contribution is -0.143. The number of rotatable bonds is 40. The van der Waals surface area contributed by atoms with E-state index < -0.39 is 26.8 Å². The van der Waals surface area contributed by atoms with Crippen LogP contribution in [0.3, 0.4) is 0 Å². The number of carbonyl (C=O) groups is 2. The molecule has 0 saturated heterocycles. The van der Waals surface area contributed by atoms with Crippen LogP contribution in [0, 0.1) is 0 Å². The smallest absolute Gasteiger partial charge is 0.329 e. The summed E-state index contributed by atoms with van der Waals surface area (Å²) in [6.07, 6.45) is 0. The van der Waals surface area contributed by atoms with E-state index in [-0.39, 0.29) is 11.6 Å². The molecule has 2 aromatic carbocycles. The van der Waals surface area contributed by atoms with Crippen molar-refractivity contribution in [2.45, 2.75) is 25.8 Å². The molecule has 0 heterocycles. The molecular formula is C42H69NO15Si. The first-order valence-electron chi connectivity index (χ1n) is 20.4. The summed E-state index contributed by atoms with van der Waals surface area (Å²) in [4.78, 5) is 21.7. The summed E-state index contributed by atoms with van der Waals surface area (Å²) >= 11 is 0. The summed E-state index contributed by atoms with van der Waals surface area (Å²) in [5.74, 6) is -1.52. The van der Waals surface area contributed by atoms with Crippen LogP contribution in [-0.4, -0.2) is 184 Å². The Kier molecular flexibility index (Phi) is 30.8. The molecule has 2 rings (SSSR count). The number of nitrogens with one attached hydrogen (secondary N) is 1. The third kappa shape index (κ3) is 25.5. The van der Waals surface area contributed by atoms with Crippen LogP contribution in [0.15, 0.2) is 60.7 Å². The van der Waals surface area contributed by atoms with Gasteiger partial charge in [0.2, 0.25) is 5.91 Å². The van der Waals surface area contributed by atoms with E-state index in [0.29, 0.717) is 145 Å². The number of carboxylic acids is 1. The van der Waals surface area contributed by atoms with Crippen molar-refractivity contribution in [3.63, 3.8) is 0 Å². The van der Waals surface area contributed by atoms with Gasteiger partial charge in [-0.15, -0.1) is 0 Å². The van der Waals surface area contributed by atoms with E-state index in [1.807, 2.05) is 12.1 Å². The molecule has 17 heteroatoms. The van der Waals surface area contributed by atoms with E-state index in [2.05, 4.69) is 79.4 Å². The van der Waals surface area contributed by atoms with Crippen molar-refractivity contribution in [2.75, 3.05) is 159 Å². The summed E-state index contributed by atoms with van der Waals surface area (Å²) in [6.45, 7) is 16.0. The van der Waals surface area contributed by atoms with Gasteiger partial charge in [0.05, 0.1) is 139 Å². The van der Waals surface area contributed by atoms with Crippen molar-refractivity contribution in [1.82, 2.24) is 5.32 Å². The van der Waals surface area contributed by atoms with Gasteiger partial charge in [0, 0.05) is 6.54 Å². The fourth-order valence-electron chi connectivity index (χ4n) is 5.64. The number of carbonyl (C=O) groups excluding carboxylic acids is 1. The van der Waals surface area contributed by atoms with E-state index >= 15 is 0 Å². The van der Waals surface area contributed by atoms with E-state index in [1.54, 1.807) is 0 Å². The highest BCUT2D eigenvalue weighted by Crippen LogP contribution is 2.36. The van der Waals surface area contributed by atoms with Gasteiger partial charge in [-0.2, -0.15) is 0 Å². The second-order valence-corrected chi connectivity index (χ2v) is 18.2. The Morgan fingerprint density at radius 3 is 1.07 bits per heavy atom. The van der Waals surface area contributed by atoms with Crippen molar-refractivity contribution in [2.24, 2.45) is 0 Å². The van der Waals surface area contributed by atoms with Gasteiger partial charge in [-0.1, -0.05) is 81.4 Å². The largest absolute Gasteiger partial charge is 0.480 e. The molecule has 2 aromatic rings. The molecule has 336 valence electrons. The highest BCUT2D eigenvalue weighted by atomic mass is 28.4. The Morgan fingerprint density at radius 1 is 0.458 bits per heavy atom. The number of benzene rings is 2. The van der Waals surface area contributed by atoms with Gasteiger partial charge in [-0.25, -0.2) is 4.79 Å². The van der Waals surface area contributed by atoms with Gasteiger partial charge in [-0.3, -0.25) is 4.79 Å². The summed E-state index contributed by atoms with van der Waals surface area (Å²) < 4.78 is 66.8. The van der Waals surface area contributed by atoms with E-state index in [9.17, 15) is 9.59 Å². The maximum atomic E-state index is 11.4. The maximum absolute atomic E-state index is 11.4. The standard InChI is InChI=1S/C42H69NO15Si/c1-42(2,3)59(38-10-6-4-7-11-38,39-12-8-5-9-13-39)58-35-34-56-33-32-55-31-30-54-29-28-53-27-26-52-25-24-51-23-22-50-21-20-49-19-18-48-17-16-47-15-14-43-40(44)36-57-37-41(45)46/h4-13H,14-37H2,1-3H3,(H,43,44)(H,45,46). The van der Waals surface area contributed by atoms with Crippen LogP contribution in [0.4, 0.5) is 0 Å². The fraction of sp³-hybridized carbons (Fsp3) is 0.667. The van der Waals surface area contributed by atoms with E-state index in [4.69, 9.17) is 56.9 Å². The van der Waals surface area contributed by atoms with E-state index in [1.165, 1.54) is 10.4 Å². The molecule has 0 aliphatic carbocycles. The first-order chi connectivity index (χ1) is 28.8. The molecular weight excluding hydrogens is 787 g/mol. The van der Waals surface area contributed by atoms with Gasteiger partial charge in [0.15, 0.2) is 0 Å². The Labute approximate surface area is 351 Å². The van der Waals surface area contributed by atoms with Gasteiger partial charge in [0.25, 0.3) is 8.32 Å². The third-order valence-corrected chi connectivity index (χ3v) is 13.4. The number of ether oxygens (including phenoxy) is 11. The van der Waals surface area contributed by atoms with Crippen LogP contribution in [0.2, 0.25) is 5.04 Å². The predicted molar refractivity (Wildman–Crippen MR) is 223 cm³/mol. The van der Waals surface area contributed by atoms with Crippen molar-refractivity contribution < 1.29 is 71.2 Å². The molecule has 1 amide bonds. The molecule has 0 spiro atoms. The zero-order valence-electron chi connectivity index (χ0n) is 35.4. The lowest BCUT2D eigenvalue weighted by Gasteiger charge is -2.43. The Morgan fingerprint density at radius 2 is 0.763 bits per heavy atom. The van der Waals surface area contributed by atoms with Crippen LogP contribution in [0.25, 0.3) is 0 Å². The summed E-state index contributed by atoms with van der Waals surface area (Å²) in [7, 11) is -2.55. The second kappa shape index (κ2) is 34.8. The van der Waals surface area contributed by atoms with Crippen LogP contribution < -0.4 is 15.7 Å². The molecule has 2 N–H and O–H groups in total. The van der Waals surface area contributed by atoms with Gasteiger partial charge in [0.1, 0.15) is 13.2 Å². The van der Waals surface area contributed by atoms with Crippen molar-refractivity contribution in [3.8, 4) is 0 Å². The maximum Gasteiger partial charge on any atom is 0.329 e. The van der Waals surface area contributed by atoms with Crippen molar-refractivity contribution in [1.29, 1.82) is 0 Å². The molecule has 0 aliphatic rings. The van der Waals surface area contributed by atoms with Crippen LogP contribution in [0.1, 0.15) is 20.8 Å². The highest BCUT2D eigenvalue weighted by molar-refractivity contribution is 6.99. The molecule has 0 fully saturated rings. The molecule has 0 aliphatic heterocycles. The molecule has 59 heavy (non-hydrogen) atoms. The number of hydrogen-bond acceptors (Lipinski definition) is 14. The monoisotopic (exact) mass is 855 g/mol. The Balaban J connectivity index is 1.27. The summed E-state index contributed by atoms with van der Waals surface area (Å²) in [5.41, 5.74) is 0. The number of carboxylic acid groups (broad SMARTS) is 1. The molecule has 0 bridgehead atoms. The molecule has 0 saturated carbocycles. The number of aliphatic carboxylic acids is 1. The minimum Gasteiger partial charge on any atom is -0.480 e. The third-order valence-electron chi connectivity index (χ3n) is 8.34. The molecule has 0 radical (unpaired) electrons. The lowest BCUT2D eigenvalue weighted by Crippen LogP contribution is -2.66. The zero-order chi connectivity index (χ0) is 42.5. The minimum absolute atomic E-state index is 0.0666. The second-order valence-electron chi connectivity index (χ2n) is 13.9. The molecule has 0 unspecified atom stereocenters. The fourth-order valence-corrected chi connectivity index (χ4v) is 10.2. The topological polar surface area (TPSA) is 177 Å². The van der Waals surface area contributed by atoms with Crippen LogP contribution in [-0.2, 0) is 66.1 Å². The van der Waals surface area contributed by atoms with Crippen molar-refractivity contribution >= 4 is 30.6 Å². The Hall–Kier alpha value is -2.88. The van der Waals surface area contributed by atoms with E-state index in [0.717, 1.165) is 0 Å². The molecule has 16 nitrogen and oxygen atoms in total. The zero-order valence-corrected chi connectivity index (χ0v) is 36.4. The predicted octanol–water partition coefficient (Wildman–Crippen LogP) is 1.95. The quantitative estimate of drug-likeness (QED) is 0.0734. The molecule has 0 atom stereocenters. The minimum atomic E-state index is -2.55. The number of amides is 1. The number of hydrogen-bond donors (Lipinski definition) is 2. The van der Waals surface area contributed by atoms with Gasteiger partial charge in [-0.05, 0) is 15.4 Å². The first-order valence-corrected chi connectivity index (χ1v) is 22.3. The lowest BCUT2D eigenvalue weighted by atomic mass is 10.2. The Bertz CT molecular complexity index is 1250. The summed E-state index contributed by atoms with van der Waals surface area (Å²) in [6, 6.07) is 21.2. The average molecular weight is 856 g/mol. The highest BCUT2D eigenvalue weighted by Gasteiger charge is 2.50.